The number of esters is 4. The molecule has 4 N–H and O–H groups in total. The number of carbonyl (C=O) groups is 4. The van der Waals surface area contributed by atoms with E-state index in [0.29, 0.717) is 44.5 Å². The molecule has 0 saturated carbocycles. The molecular formula is C40H40O12. The highest BCUT2D eigenvalue weighted by Gasteiger charge is 2.31. The summed E-state index contributed by atoms with van der Waals surface area (Å²) in [6.45, 7) is 11.9. The maximum Gasteiger partial charge on any atom is 0.308 e. The van der Waals surface area contributed by atoms with Crippen molar-refractivity contribution in [2.45, 2.75) is 79.1 Å². The summed E-state index contributed by atoms with van der Waals surface area (Å²) in [5.74, 6) is -6.40. The van der Waals surface area contributed by atoms with Crippen LogP contribution in [0.1, 0.15) is 124 Å². The minimum absolute atomic E-state index is 0.0440. The van der Waals surface area contributed by atoms with Crippen LogP contribution in [0.4, 0.5) is 0 Å². The number of ether oxygens (including phenoxy) is 4. The Morgan fingerprint density at radius 3 is 0.750 bits per heavy atom. The normalized spacial score (nSPS) is 17.8. The number of phenolic OH excluding ortho intramolecular Hbond substituents is 4. The molecule has 0 amide bonds. The van der Waals surface area contributed by atoms with Crippen molar-refractivity contribution >= 4 is 23.9 Å². The van der Waals surface area contributed by atoms with Crippen LogP contribution < -0.4 is 18.9 Å². The molecule has 8 bridgehead atoms. The van der Waals surface area contributed by atoms with Crippen LogP contribution in [0.5, 0.6) is 46.0 Å². The van der Waals surface area contributed by atoms with Gasteiger partial charge < -0.3 is 39.4 Å². The topological polar surface area (TPSA) is 186 Å². The Morgan fingerprint density at radius 1 is 0.365 bits per heavy atom. The van der Waals surface area contributed by atoms with E-state index in [4.69, 9.17) is 18.9 Å². The van der Waals surface area contributed by atoms with E-state index < -0.39 is 47.5 Å². The molecule has 272 valence electrons. The van der Waals surface area contributed by atoms with Crippen LogP contribution in [0.3, 0.4) is 0 Å². The van der Waals surface area contributed by atoms with Crippen LogP contribution in [-0.2, 0) is 19.2 Å². The Hall–Kier alpha value is -6.04. The average molecular weight is 713 g/mol. The maximum absolute atomic E-state index is 12.3. The Kier molecular flexibility index (Phi) is 10.2. The van der Waals surface area contributed by atoms with Gasteiger partial charge in [0.2, 0.25) is 0 Å². The van der Waals surface area contributed by atoms with Gasteiger partial charge in [-0.25, -0.2) is 0 Å². The van der Waals surface area contributed by atoms with Crippen LogP contribution in [-0.4, -0.2) is 44.3 Å². The maximum atomic E-state index is 12.3. The summed E-state index contributed by atoms with van der Waals surface area (Å²) in [5, 5.41) is 44.9. The van der Waals surface area contributed by atoms with Gasteiger partial charge in [0.05, 0.1) is 0 Å². The number of hydrogen-bond acceptors (Lipinski definition) is 12. The first kappa shape index (κ1) is 37.2. The summed E-state index contributed by atoms with van der Waals surface area (Å²) >= 11 is 0. The molecule has 4 unspecified atom stereocenters. The number of aromatic hydroxyl groups is 4. The van der Waals surface area contributed by atoms with E-state index in [9.17, 15) is 39.6 Å². The van der Waals surface area contributed by atoms with Crippen molar-refractivity contribution in [2.24, 2.45) is 0 Å². The van der Waals surface area contributed by atoms with Gasteiger partial charge in [-0.3, -0.25) is 19.2 Å². The van der Waals surface area contributed by atoms with E-state index >= 15 is 0 Å². The molecule has 12 heteroatoms. The van der Waals surface area contributed by atoms with Gasteiger partial charge in [-0.2, -0.15) is 0 Å². The zero-order valence-corrected chi connectivity index (χ0v) is 30.0. The van der Waals surface area contributed by atoms with Gasteiger partial charge in [-0.1, -0.05) is 27.7 Å². The van der Waals surface area contributed by atoms with Gasteiger partial charge in [0.15, 0.2) is 0 Å². The van der Waals surface area contributed by atoms with Crippen molar-refractivity contribution in [3.63, 3.8) is 0 Å². The highest BCUT2D eigenvalue weighted by atomic mass is 16.6. The number of hydrogen-bond donors (Lipinski definition) is 4. The second kappa shape index (κ2) is 14.3. The van der Waals surface area contributed by atoms with Crippen LogP contribution >= 0.6 is 0 Å². The van der Waals surface area contributed by atoms with Crippen molar-refractivity contribution in [3.05, 3.63) is 93.0 Å². The van der Waals surface area contributed by atoms with E-state index in [1.165, 1.54) is 52.0 Å². The molecule has 0 spiro atoms. The van der Waals surface area contributed by atoms with Crippen LogP contribution in [0.2, 0.25) is 0 Å². The zero-order chi connectivity index (χ0) is 38.3. The minimum Gasteiger partial charge on any atom is -0.508 e. The monoisotopic (exact) mass is 712 g/mol. The van der Waals surface area contributed by atoms with E-state index in [0.717, 1.165) is 0 Å². The minimum atomic E-state index is -0.718. The largest absolute Gasteiger partial charge is 0.508 e. The molecule has 5 rings (SSSR count). The summed E-state index contributed by atoms with van der Waals surface area (Å²) < 4.78 is 22.4. The van der Waals surface area contributed by atoms with Gasteiger partial charge in [0, 0.05) is 120 Å². The predicted molar refractivity (Wildman–Crippen MR) is 188 cm³/mol. The smallest absolute Gasteiger partial charge is 0.308 e. The van der Waals surface area contributed by atoms with Crippen LogP contribution in [0.15, 0.2) is 48.5 Å². The molecule has 4 aromatic carbocycles. The number of carbonyl (C=O) groups excluding carboxylic acids is 4. The Bertz CT molecular complexity index is 1850. The lowest BCUT2D eigenvalue weighted by Gasteiger charge is -2.27. The highest BCUT2D eigenvalue weighted by Crippen LogP contribution is 2.50. The molecule has 0 radical (unpaired) electrons. The summed E-state index contributed by atoms with van der Waals surface area (Å²) in [5.41, 5.74) is 2.92. The summed E-state index contributed by atoms with van der Waals surface area (Å²) in [7, 11) is 0. The van der Waals surface area contributed by atoms with E-state index in [1.807, 2.05) is 0 Å². The van der Waals surface area contributed by atoms with Crippen molar-refractivity contribution in [1.29, 1.82) is 0 Å². The first-order valence-electron chi connectivity index (χ1n) is 16.6. The Balaban J connectivity index is 1.94. The number of phenols is 4. The molecule has 0 fully saturated rings. The molecule has 52 heavy (non-hydrogen) atoms. The van der Waals surface area contributed by atoms with E-state index in [2.05, 4.69) is 0 Å². The lowest BCUT2D eigenvalue weighted by molar-refractivity contribution is -0.133. The molecule has 1 aliphatic rings. The quantitative estimate of drug-likeness (QED) is 0.124. The third-order valence-electron chi connectivity index (χ3n) is 9.38. The lowest BCUT2D eigenvalue weighted by atomic mass is 9.80. The lowest BCUT2D eigenvalue weighted by Crippen LogP contribution is -2.13. The predicted octanol–water partition coefficient (Wildman–Crippen LogP) is 7.13. The average Bonchev–Trinajstić information content (AvgIpc) is 3.02. The van der Waals surface area contributed by atoms with Gasteiger partial charge in [0.25, 0.3) is 0 Å². The molecule has 0 heterocycles. The van der Waals surface area contributed by atoms with Crippen molar-refractivity contribution in [3.8, 4) is 46.0 Å². The molecule has 0 aromatic heterocycles. The molecule has 4 aromatic rings. The van der Waals surface area contributed by atoms with E-state index in [-0.39, 0.29) is 46.0 Å². The van der Waals surface area contributed by atoms with Crippen LogP contribution in [0.25, 0.3) is 0 Å². The Labute approximate surface area is 300 Å². The van der Waals surface area contributed by atoms with Gasteiger partial charge in [0.1, 0.15) is 46.0 Å². The molecule has 12 nitrogen and oxygen atoms in total. The van der Waals surface area contributed by atoms with Crippen molar-refractivity contribution < 1.29 is 58.6 Å². The fraction of sp³-hybridized carbons (Fsp3) is 0.300. The summed E-state index contributed by atoms with van der Waals surface area (Å²) in [6.07, 6.45) is 0. The third-order valence-corrected chi connectivity index (χ3v) is 9.38. The first-order valence-corrected chi connectivity index (χ1v) is 16.6. The standard InChI is InChI=1S/C40H40O12/c1-17-25-9-26(34(46)13-33(25)45)18(2)31-12-32(40(52-24(8)44)16-39(31)51-23(7)43)20(4)28-10-27(35(47)14-36(28)48)19(3)30-11-29(17)37(49-21(5)41)15-38(30)50-22(6)42/h9-20,45-48H,1-8H3. The fourth-order valence-electron chi connectivity index (χ4n) is 6.80. The third kappa shape index (κ3) is 7.23. The summed E-state index contributed by atoms with van der Waals surface area (Å²) in [4.78, 5) is 49.3. The van der Waals surface area contributed by atoms with Gasteiger partial charge >= 0.3 is 23.9 Å². The molecular weight excluding hydrogens is 672 g/mol. The SMILES string of the molecule is CC(=O)Oc1cc(OC(C)=O)c2cc1C(C)c1cc(c(O)cc1O)C(C)c1cc(c(OC(C)=O)cc1OC(C)=O)C(C)c1cc(c(O)cc1O)C2C. The summed E-state index contributed by atoms with van der Waals surface area (Å²) in [6, 6.07) is 11.7. The van der Waals surface area contributed by atoms with Crippen molar-refractivity contribution in [2.75, 3.05) is 0 Å². The number of fused-ring (bicyclic) bond motifs is 8. The molecule has 1 aliphatic carbocycles. The molecule has 0 aliphatic heterocycles. The Morgan fingerprint density at radius 2 is 0.558 bits per heavy atom. The highest BCUT2D eigenvalue weighted by molar-refractivity contribution is 5.75. The van der Waals surface area contributed by atoms with Crippen LogP contribution in [0, 0.1) is 0 Å². The number of rotatable bonds is 4. The number of benzene rings is 4. The molecule has 4 atom stereocenters. The second-order valence-electron chi connectivity index (χ2n) is 13.1. The van der Waals surface area contributed by atoms with Gasteiger partial charge in [-0.15, -0.1) is 0 Å². The van der Waals surface area contributed by atoms with Crippen molar-refractivity contribution in [1.82, 2.24) is 0 Å². The first-order chi connectivity index (χ1) is 24.4. The van der Waals surface area contributed by atoms with Gasteiger partial charge in [-0.05, 0) is 24.3 Å². The second-order valence-corrected chi connectivity index (χ2v) is 13.1. The molecule has 0 saturated heterocycles. The zero-order valence-electron chi connectivity index (χ0n) is 30.0. The fourth-order valence-corrected chi connectivity index (χ4v) is 6.80. The van der Waals surface area contributed by atoms with E-state index in [1.54, 1.807) is 52.0 Å².